The van der Waals surface area contributed by atoms with E-state index in [1.165, 1.54) is 37.8 Å². The van der Waals surface area contributed by atoms with E-state index in [0.29, 0.717) is 17.6 Å². The van der Waals surface area contributed by atoms with Gasteiger partial charge in [0.15, 0.2) is 0 Å². The number of rotatable bonds is 5. The quantitative estimate of drug-likeness (QED) is 0.807. The summed E-state index contributed by atoms with van der Waals surface area (Å²) in [6, 6.07) is 5.37. The second kappa shape index (κ2) is 6.27. The molecule has 19 heavy (non-hydrogen) atoms. The Balaban J connectivity index is 2.19. The first kappa shape index (κ1) is 14.2. The van der Waals surface area contributed by atoms with Crippen LogP contribution in [-0.2, 0) is 0 Å². The lowest BCUT2D eigenvalue weighted by Gasteiger charge is -2.33. The zero-order valence-corrected chi connectivity index (χ0v) is 12.0. The van der Waals surface area contributed by atoms with Gasteiger partial charge in [-0.05, 0) is 43.4 Å². The molecule has 0 amide bonds. The maximum atomic E-state index is 13.2. The Morgan fingerprint density at radius 3 is 2.58 bits per heavy atom. The monoisotopic (exact) mass is 264 g/mol. The molecule has 0 heterocycles. The maximum Gasteiger partial charge on any atom is 0.125 e. The molecule has 0 aromatic heterocycles. The number of nitrogen functional groups attached to an aromatic ring is 1. The fourth-order valence-electron chi connectivity index (χ4n) is 2.90. The first-order valence-electron chi connectivity index (χ1n) is 7.39. The van der Waals surface area contributed by atoms with Gasteiger partial charge in [-0.2, -0.15) is 0 Å². The van der Waals surface area contributed by atoms with Crippen molar-refractivity contribution in [1.82, 2.24) is 0 Å². The fourth-order valence-corrected chi connectivity index (χ4v) is 2.90. The molecule has 0 spiro atoms. The number of hydrogen-bond donors (Lipinski definition) is 1. The molecule has 0 aliphatic heterocycles. The molecule has 3 heteroatoms. The summed E-state index contributed by atoms with van der Waals surface area (Å²) >= 11 is 0. The van der Waals surface area contributed by atoms with Crippen molar-refractivity contribution in [2.24, 2.45) is 5.92 Å². The SMILES string of the molecule is CC(C)CCN(c1ccc(F)cc1N)C1CCCC1. The van der Waals surface area contributed by atoms with Crippen LogP contribution < -0.4 is 10.6 Å². The fraction of sp³-hybridized carbons (Fsp3) is 0.625. The minimum atomic E-state index is -0.253. The molecule has 1 fully saturated rings. The summed E-state index contributed by atoms with van der Waals surface area (Å²) in [5.74, 6) is 0.419. The molecule has 2 N–H and O–H groups in total. The highest BCUT2D eigenvalue weighted by Gasteiger charge is 2.24. The average Bonchev–Trinajstić information content (AvgIpc) is 2.85. The van der Waals surface area contributed by atoms with E-state index in [4.69, 9.17) is 5.73 Å². The van der Waals surface area contributed by atoms with Gasteiger partial charge in [-0.1, -0.05) is 26.7 Å². The highest BCUT2D eigenvalue weighted by Crippen LogP contribution is 2.32. The van der Waals surface area contributed by atoms with E-state index in [0.717, 1.165) is 18.7 Å². The Morgan fingerprint density at radius 1 is 1.32 bits per heavy atom. The van der Waals surface area contributed by atoms with E-state index in [2.05, 4.69) is 18.7 Å². The van der Waals surface area contributed by atoms with Gasteiger partial charge in [-0.15, -0.1) is 0 Å². The predicted octanol–water partition coefficient (Wildman–Crippen LogP) is 4.20. The van der Waals surface area contributed by atoms with Crippen LogP contribution in [0.25, 0.3) is 0 Å². The Bertz CT molecular complexity index is 411. The van der Waals surface area contributed by atoms with Gasteiger partial charge in [0.05, 0.1) is 11.4 Å². The molecular formula is C16H25FN2. The normalized spacial score (nSPS) is 16.2. The van der Waals surface area contributed by atoms with Gasteiger partial charge in [0.2, 0.25) is 0 Å². The van der Waals surface area contributed by atoms with E-state index in [-0.39, 0.29) is 5.82 Å². The lowest BCUT2D eigenvalue weighted by atomic mass is 10.1. The highest BCUT2D eigenvalue weighted by molar-refractivity contribution is 5.68. The molecule has 0 bridgehead atoms. The summed E-state index contributed by atoms with van der Waals surface area (Å²) in [5.41, 5.74) is 7.59. The Hall–Kier alpha value is -1.25. The van der Waals surface area contributed by atoms with Crippen LogP contribution in [0, 0.1) is 11.7 Å². The zero-order valence-electron chi connectivity index (χ0n) is 12.0. The third-order valence-corrected chi connectivity index (χ3v) is 4.01. The van der Waals surface area contributed by atoms with Crippen molar-refractivity contribution in [3.63, 3.8) is 0 Å². The van der Waals surface area contributed by atoms with Crippen LogP contribution in [-0.4, -0.2) is 12.6 Å². The topological polar surface area (TPSA) is 29.3 Å². The largest absolute Gasteiger partial charge is 0.397 e. The zero-order chi connectivity index (χ0) is 13.8. The molecular weight excluding hydrogens is 239 g/mol. The third-order valence-electron chi connectivity index (χ3n) is 4.01. The number of hydrogen-bond acceptors (Lipinski definition) is 2. The molecule has 0 radical (unpaired) electrons. The first-order valence-corrected chi connectivity index (χ1v) is 7.39. The third kappa shape index (κ3) is 3.62. The maximum absolute atomic E-state index is 13.2. The van der Waals surface area contributed by atoms with Crippen LogP contribution in [0.4, 0.5) is 15.8 Å². The molecule has 1 aromatic carbocycles. The Morgan fingerprint density at radius 2 is 2.00 bits per heavy atom. The number of anilines is 2. The minimum Gasteiger partial charge on any atom is -0.397 e. The lowest BCUT2D eigenvalue weighted by molar-refractivity contribution is 0.528. The molecule has 1 aromatic rings. The molecule has 1 aliphatic carbocycles. The summed E-state index contributed by atoms with van der Waals surface area (Å²) in [6.07, 6.45) is 6.20. The van der Waals surface area contributed by atoms with E-state index in [1.807, 2.05) is 6.07 Å². The molecule has 2 nitrogen and oxygen atoms in total. The van der Waals surface area contributed by atoms with Gasteiger partial charge in [0.1, 0.15) is 5.82 Å². The standard InChI is InChI=1S/C16H25FN2/c1-12(2)9-10-19(14-5-3-4-6-14)16-8-7-13(17)11-15(16)18/h7-8,11-12,14H,3-6,9-10,18H2,1-2H3. The van der Waals surface area contributed by atoms with Gasteiger partial charge < -0.3 is 10.6 Å². The van der Waals surface area contributed by atoms with Crippen molar-refractivity contribution in [2.75, 3.05) is 17.2 Å². The molecule has 2 rings (SSSR count). The molecule has 0 unspecified atom stereocenters. The predicted molar refractivity (Wildman–Crippen MR) is 79.9 cm³/mol. The summed E-state index contributed by atoms with van der Waals surface area (Å²) < 4.78 is 13.2. The number of halogens is 1. The van der Waals surface area contributed by atoms with E-state index < -0.39 is 0 Å². The number of benzene rings is 1. The van der Waals surface area contributed by atoms with Gasteiger partial charge >= 0.3 is 0 Å². The van der Waals surface area contributed by atoms with Gasteiger partial charge in [-0.3, -0.25) is 0 Å². The van der Waals surface area contributed by atoms with Gasteiger partial charge in [0.25, 0.3) is 0 Å². The van der Waals surface area contributed by atoms with Crippen LogP contribution in [0.1, 0.15) is 46.0 Å². The summed E-state index contributed by atoms with van der Waals surface area (Å²) in [4.78, 5) is 2.40. The van der Waals surface area contributed by atoms with E-state index >= 15 is 0 Å². The van der Waals surface area contributed by atoms with Crippen LogP contribution in [0.2, 0.25) is 0 Å². The molecule has 0 saturated heterocycles. The van der Waals surface area contributed by atoms with Crippen molar-refractivity contribution >= 4 is 11.4 Å². The van der Waals surface area contributed by atoms with Gasteiger partial charge in [-0.25, -0.2) is 4.39 Å². The molecule has 0 atom stereocenters. The summed E-state index contributed by atoms with van der Waals surface area (Å²) in [5, 5.41) is 0. The van der Waals surface area contributed by atoms with Crippen LogP contribution in [0.5, 0.6) is 0 Å². The summed E-state index contributed by atoms with van der Waals surface area (Å²) in [6.45, 7) is 5.49. The van der Waals surface area contributed by atoms with Crippen molar-refractivity contribution in [3.05, 3.63) is 24.0 Å². The number of nitrogens with two attached hydrogens (primary N) is 1. The van der Waals surface area contributed by atoms with E-state index in [1.54, 1.807) is 0 Å². The second-order valence-corrected chi connectivity index (χ2v) is 6.02. The van der Waals surface area contributed by atoms with Crippen molar-refractivity contribution in [1.29, 1.82) is 0 Å². The molecule has 1 aliphatic rings. The smallest absolute Gasteiger partial charge is 0.125 e. The minimum absolute atomic E-state index is 0.253. The van der Waals surface area contributed by atoms with Crippen LogP contribution in [0.3, 0.4) is 0 Å². The Kier molecular flexibility index (Phi) is 4.67. The van der Waals surface area contributed by atoms with Crippen LogP contribution >= 0.6 is 0 Å². The van der Waals surface area contributed by atoms with Crippen molar-refractivity contribution in [2.45, 2.75) is 52.0 Å². The molecule has 106 valence electrons. The van der Waals surface area contributed by atoms with Gasteiger partial charge in [0, 0.05) is 12.6 Å². The van der Waals surface area contributed by atoms with Crippen molar-refractivity contribution in [3.8, 4) is 0 Å². The number of nitrogens with zero attached hydrogens (tertiary/aromatic N) is 1. The lowest BCUT2D eigenvalue weighted by Crippen LogP contribution is -2.35. The van der Waals surface area contributed by atoms with Crippen molar-refractivity contribution < 1.29 is 4.39 Å². The second-order valence-electron chi connectivity index (χ2n) is 6.02. The first-order chi connectivity index (χ1) is 9.08. The summed E-state index contributed by atoms with van der Waals surface area (Å²) in [7, 11) is 0. The average molecular weight is 264 g/mol. The van der Waals surface area contributed by atoms with E-state index in [9.17, 15) is 4.39 Å². The van der Waals surface area contributed by atoms with Crippen LogP contribution in [0.15, 0.2) is 18.2 Å². The molecule has 1 saturated carbocycles. The highest BCUT2D eigenvalue weighted by atomic mass is 19.1. The Labute approximate surface area is 115 Å².